The minimum atomic E-state index is -0.702. The van der Waals surface area contributed by atoms with Crippen LogP contribution in [0.2, 0.25) is 0 Å². The summed E-state index contributed by atoms with van der Waals surface area (Å²) in [5.74, 6) is -0.576. The fourth-order valence-corrected chi connectivity index (χ4v) is 3.74. The molecule has 36 heavy (non-hydrogen) atoms. The van der Waals surface area contributed by atoms with Gasteiger partial charge in [0, 0.05) is 30.0 Å². The smallest absolute Gasteiger partial charge is 0.274 e. The number of fused-ring (bicyclic) bond motifs is 1. The highest BCUT2D eigenvalue weighted by molar-refractivity contribution is 6.21. The molecule has 3 rings (SSSR count). The number of benzene rings is 1. The van der Waals surface area contributed by atoms with E-state index in [-0.39, 0.29) is 30.2 Å². The highest BCUT2D eigenvalue weighted by atomic mass is 19.1. The summed E-state index contributed by atoms with van der Waals surface area (Å²) in [4.78, 5) is 17.4. The molecule has 2 heterocycles. The van der Waals surface area contributed by atoms with E-state index in [1.807, 2.05) is 6.08 Å². The lowest BCUT2D eigenvalue weighted by Gasteiger charge is -2.16. The molecule has 0 amide bonds. The fourth-order valence-electron chi connectivity index (χ4n) is 3.74. The normalized spacial score (nSPS) is 16.8. The Labute approximate surface area is 210 Å². The van der Waals surface area contributed by atoms with Gasteiger partial charge in [-0.05, 0) is 44.4 Å². The van der Waals surface area contributed by atoms with Crippen LogP contribution in [0.1, 0.15) is 31.9 Å². The molecule has 1 aliphatic rings. The number of rotatable bonds is 10. The SMILES string of the molecule is C=CC(/C=C\C(C#N)=C/C)Cn1nc(C2=CCC/C=C(\NCCCO)N=C2F)c2ccccc2c1=O. The van der Waals surface area contributed by atoms with Gasteiger partial charge in [-0.25, -0.2) is 9.67 Å². The Kier molecular flexibility index (Phi) is 9.66. The molecule has 7 nitrogen and oxygen atoms in total. The molecule has 1 unspecified atom stereocenters. The fraction of sp³-hybridized carbons (Fsp3) is 0.286. The second-order valence-electron chi connectivity index (χ2n) is 8.19. The van der Waals surface area contributed by atoms with Crippen molar-refractivity contribution in [2.45, 2.75) is 32.7 Å². The van der Waals surface area contributed by atoms with Gasteiger partial charge >= 0.3 is 0 Å². The number of halogens is 1. The predicted molar refractivity (Wildman–Crippen MR) is 142 cm³/mol. The van der Waals surface area contributed by atoms with E-state index < -0.39 is 5.97 Å². The predicted octanol–water partition coefficient (Wildman–Crippen LogP) is 4.58. The van der Waals surface area contributed by atoms with Gasteiger partial charge in [-0.2, -0.15) is 14.8 Å². The molecular formula is C28H30FN5O2. The van der Waals surface area contributed by atoms with Crippen molar-refractivity contribution in [3.63, 3.8) is 0 Å². The summed E-state index contributed by atoms with van der Waals surface area (Å²) < 4.78 is 16.8. The lowest BCUT2D eigenvalue weighted by atomic mass is 10.0. The zero-order chi connectivity index (χ0) is 25.9. The van der Waals surface area contributed by atoms with Gasteiger partial charge in [0.1, 0.15) is 11.5 Å². The molecule has 1 aromatic heterocycles. The molecule has 8 heteroatoms. The summed E-state index contributed by atoms with van der Waals surface area (Å²) in [6.07, 6.45) is 12.2. The van der Waals surface area contributed by atoms with Crippen LogP contribution in [0.15, 0.2) is 88.5 Å². The van der Waals surface area contributed by atoms with Gasteiger partial charge < -0.3 is 10.4 Å². The number of aromatic nitrogens is 2. The van der Waals surface area contributed by atoms with Crippen LogP contribution in [0.4, 0.5) is 4.39 Å². The first-order valence-electron chi connectivity index (χ1n) is 11.9. The summed E-state index contributed by atoms with van der Waals surface area (Å²) in [7, 11) is 0. The summed E-state index contributed by atoms with van der Waals surface area (Å²) >= 11 is 0. The Bertz CT molecular complexity index is 1360. The molecule has 1 aliphatic heterocycles. The summed E-state index contributed by atoms with van der Waals surface area (Å²) in [5.41, 5.74) is 0.758. The Morgan fingerprint density at radius 3 is 2.78 bits per heavy atom. The monoisotopic (exact) mass is 487 g/mol. The zero-order valence-electron chi connectivity index (χ0n) is 20.3. The average molecular weight is 488 g/mol. The Hall–Kier alpha value is -4.09. The van der Waals surface area contributed by atoms with Crippen molar-refractivity contribution in [3.8, 4) is 6.07 Å². The highest BCUT2D eigenvalue weighted by Crippen LogP contribution is 2.26. The van der Waals surface area contributed by atoms with E-state index in [1.165, 1.54) is 4.68 Å². The number of hydrogen-bond acceptors (Lipinski definition) is 6. The molecule has 0 bridgehead atoms. The second kappa shape index (κ2) is 13.1. The van der Waals surface area contributed by atoms with Gasteiger partial charge in [0.15, 0.2) is 0 Å². The molecule has 0 fully saturated rings. The van der Waals surface area contributed by atoms with E-state index in [0.717, 1.165) is 0 Å². The van der Waals surface area contributed by atoms with Gasteiger partial charge in [0.2, 0.25) is 5.97 Å². The van der Waals surface area contributed by atoms with Crippen LogP contribution in [0, 0.1) is 17.2 Å². The van der Waals surface area contributed by atoms with Crippen molar-refractivity contribution in [3.05, 3.63) is 94.7 Å². The number of allylic oxidation sites excluding steroid dienone is 8. The van der Waals surface area contributed by atoms with Crippen LogP contribution in [0.25, 0.3) is 16.3 Å². The first kappa shape index (κ1) is 26.5. The zero-order valence-corrected chi connectivity index (χ0v) is 20.3. The van der Waals surface area contributed by atoms with Crippen molar-refractivity contribution in [2.24, 2.45) is 10.9 Å². The molecule has 0 saturated carbocycles. The first-order valence-corrected chi connectivity index (χ1v) is 11.9. The average Bonchev–Trinajstić information content (AvgIpc) is 2.89. The van der Waals surface area contributed by atoms with Gasteiger partial charge in [0.05, 0.1) is 23.6 Å². The van der Waals surface area contributed by atoms with Crippen LogP contribution in [-0.4, -0.2) is 34.0 Å². The largest absolute Gasteiger partial charge is 0.396 e. The number of nitrogens with one attached hydrogen (secondary N) is 1. The Morgan fingerprint density at radius 2 is 2.08 bits per heavy atom. The van der Waals surface area contributed by atoms with E-state index >= 15 is 4.39 Å². The number of nitrogens with zero attached hydrogens (tertiary/aromatic N) is 4. The third kappa shape index (κ3) is 6.52. The maximum Gasteiger partial charge on any atom is 0.274 e. The van der Waals surface area contributed by atoms with Crippen LogP contribution >= 0.6 is 0 Å². The molecule has 186 valence electrons. The molecule has 1 aromatic carbocycles. The van der Waals surface area contributed by atoms with Crippen molar-refractivity contribution in [1.82, 2.24) is 15.1 Å². The second-order valence-corrected chi connectivity index (χ2v) is 8.19. The van der Waals surface area contributed by atoms with Crippen molar-refractivity contribution < 1.29 is 9.50 Å². The summed E-state index contributed by atoms with van der Waals surface area (Å²) in [6.45, 7) is 6.31. The summed E-state index contributed by atoms with van der Waals surface area (Å²) in [5, 5.41) is 26.8. The number of aliphatic hydroxyl groups is 1. The minimum absolute atomic E-state index is 0.0303. The van der Waals surface area contributed by atoms with Crippen LogP contribution in [0.5, 0.6) is 0 Å². The van der Waals surface area contributed by atoms with E-state index in [0.29, 0.717) is 53.7 Å². The minimum Gasteiger partial charge on any atom is -0.396 e. The molecule has 0 spiro atoms. The van der Waals surface area contributed by atoms with E-state index in [9.17, 15) is 4.79 Å². The van der Waals surface area contributed by atoms with Gasteiger partial charge in [-0.3, -0.25) is 4.79 Å². The van der Waals surface area contributed by atoms with Gasteiger partial charge in [-0.15, -0.1) is 6.58 Å². The number of aliphatic imine (C=N–C) groups is 1. The maximum atomic E-state index is 15.5. The quantitative estimate of drug-likeness (QED) is 0.221. The Morgan fingerprint density at radius 1 is 1.33 bits per heavy atom. The lowest BCUT2D eigenvalue weighted by molar-refractivity contribution is 0.288. The molecule has 2 aromatic rings. The maximum absolute atomic E-state index is 15.5. The number of aliphatic hydroxyl groups excluding tert-OH is 1. The standard InChI is InChI=1S/C28H30FN5O2/c1-3-20(18-30)14-15-21(4-2)19-34-28(36)23-11-6-5-10-22(23)26(33-34)24-12-7-8-13-25(32-27(24)29)31-16-9-17-35/h3-6,10-15,21,31,35H,2,7-9,16-17,19H2,1H3/b15-14-,20-3+,24-12?,25-13+,32-27?. The van der Waals surface area contributed by atoms with Crippen LogP contribution < -0.4 is 10.9 Å². The van der Waals surface area contributed by atoms with E-state index in [4.69, 9.17) is 10.4 Å². The molecule has 1 atom stereocenters. The molecule has 0 aliphatic carbocycles. The molecule has 0 radical (unpaired) electrons. The van der Waals surface area contributed by atoms with Crippen molar-refractivity contribution in [2.75, 3.05) is 13.2 Å². The van der Waals surface area contributed by atoms with E-state index in [2.05, 4.69) is 28.1 Å². The molecule has 2 N–H and O–H groups in total. The lowest BCUT2D eigenvalue weighted by Crippen LogP contribution is -2.27. The topological polar surface area (TPSA) is 103 Å². The van der Waals surface area contributed by atoms with Gasteiger partial charge in [-0.1, -0.05) is 42.5 Å². The Balaban J connectivity index is 2.06. The molecule has 0 saturated heterocycles. The number of nitriles is 1. The third-order valence-electron chi connectivity index (χ3n) is 5.71. The van der Waals surface area contributed by atoms with Crippen LogP contribution in [0.3, 0.4) is 0 Å². The van der Waals surface area contributed by atoms with Gasteiger partial charge in [0.25, 0.3) is 5.56 Å². The van der Waals surface area contributed by atoms with Crippen molar-refractivity contribution in [1.29, 1.82) is 5.26 Å². The molecular weight excluding hydrogens is 457 g/mol. The van der Waals surface area contributed by atoms with Crippen molar-refractivity contribution >= 4 is 22.3 Å². The first-order chi connectivity index (χ1) is 17.5. The number of hydrogen-bond donors (Lipinski definition) is 2. The summed E-state index contributed by atoms with van der Waals surface area (Å²) in [6, 6.07) is 9.09. The highest BCUT2D eigenvalue weighted by Gasteiger charge is 2.20. The van der Waals surface area contributed by atoms with Crippen LogP contribution in [-0.2, 0) is 6.54 Å². The third-order valence-corrected chi connectivity index (χ3v) is 5.71. The van der Waals surface area contributed by atoms with E-state index in [1.54, 1.807) is 61.6 Å².